The van der Waals surface area contributed by atoms with Gasteiger partial charge in [-0.3, -0.25) is 9.59 Å². The van der Waals surface area contributed by atoms with Crippen molar-refractivity contribution >= 4 is 23.3 Å². The van der Waals surface area contributed by atoms with Crippen LogP contribution in [0.15, 0.2) is 36.7 Å². The summed E-state index contributed by atoms with van der Waals surface area (Å²) in [7, 11) is 0. The number of nitrogens with zero attached hydrogens (tertiary/aromatic N) is 5. The summed E-state index contributed by atoms with van der Waals surface area (Å²) in [6.45, 7) is 3.52. The minimum absolute atomic E-state index is 0.0155. The minimum Gasteiger partial charge on any atom is -0.339 e. The first-order valence-electron chi connectivity index (χ1n) is 8.21. The van der Waals surface area contributed by atoms with Crippen molar-refractivity contribution in [3.05, 3.63) is 47.9 Å². The second-order valence-corrected chi connectivity index (χ2v) is 5.87. The summed E-state index contributed by atoms with van der Waals surface area (Å²) in [5, 5.41) is 12.2. The van der Waals surface area contributed by atoms with Gasteiger partial charge in [-0.25, -0.2) is 9.97 Å². The molecular weight excluding hydrogens is 332 g/mol. The molecule has 0 radical (unpaired) electrons. The van der Waals surface area contributed by atoms with Gasteiger partial charge in [0, 0.05) is 39.2 Å². The summed E-state index contributed by atoms with van der Waals surface area (Å²) in [5.74, 6) is 0.252. The number of aromatic nitrogens is 2. The zero-order valence-corrected chi connectivity index (χ0v) is 14.3. The lowest BCUT2D eigenvalue weighted by Crippen LogP contribution is -2.50. The molecule has 2 amide bonds. The van der Waals surface area contributed by atoms with E-state index < -0.39 is 0 Å². The minimum atomic E-state index is -0.202. The third-order valence-corrected chi connectivity index (χ3v) is 4.21. The molecule has 132 valence electrons. The maximum Gasteiger partial charge on any atom is 0.272 e. The Kier molecular flexibility index (Phi) is 5.08. The smallest absolute Gasteiger partial charge is 0.272 e. The van der Waals surface area contributed by atoms with Gasteiger partial charge < -0.3 is 15.1 Å². The Morgan fingerprint density at radius 1 is 1.12 bits per heavy atom. The molecule has 26 heavy (non-hydrogen) atoms. The zero-order chi connectivity index (χ0) is 18.5. The first kappa shape index (κ1) is 17.4. The Bertz CT molecular complexity index is 868. The van der Waals surface area contributed by atoms with Crippen molar-refractivity contribution in [3.63, 3.8) is 0 Å². The molecule has 8 nitrogen and oxygen atoms in total. The van der Waals surface area contributed by atoms with Gasteiger partial charge in [0.2, 0.25) is 5.91 Å². The van der Waals surface area contributed by atoms with E-state index in [1.54, 1.807) is 34.1 Å². The average molecular weight is 350 g/mol. The summed E-state index contributed by atoms with van der Waals surface area (Å²) in [6, 6.07) is 10.7. The molecule has 1 N–H and O–H groups in total. The van der Waals surface area contributed by atoms with Crippen LogP contribution in [0.2, 0.25) is 0 Å². The maximum atomic E-state index is 12.7. The van der Waals surface area contributed by atoms with Gasteiger partial charge in [0.15, 0.2) is 0 Å². The van der Waals surface area contributed by atoms with Crippen LogP contribution in [0.25, 0.3) is 0 Å². The molecule has 2 heterocycles. The molecule has 0 atom stereocenters. The van der Waals surface area contributed by atoms with Gasteiger partial charge in [0.1, 0.15) is 23.9 Å². The van der Waals surface area contributed by atoms with Crippen LogP contribution in [0.4, 0.5) is 11.5 Å². The number of amides is 2. The predicted octanol–water partition coefficient (Wildman–Crippen LogP) is 1.40. The van der Waals surface area contributed by atoms with Crippen LogP contribution in [0, 0.1) is 11.3 Å². The normalized spacial score (nSPS) is 13.8. The van der Waals surface area contributed by atoms with Crippen LogP contribution in [-0.4, -0.2) is 57.8 Å². The van der Waals surface area contributed by atoms with E-state index in [1.807, 2.05) is 6.07 Å². The molecule has 1 fully saturated rings. The number of piperazine rings is 1. The third kappa shape index (κ3) is 3.78. The molecule has 1 saturated heterocycles. The van der Waals surface area contributed by atoms with E-state index in [9.17, 15) is 9.59 Å². The average Bonchev–Trinajstić information content (AvgIpc) is 2.68. The number of nitriles is 1. The van der Waals surface area contributed by atoms with E-state index in [1.165, 1.54) is 13.3 Å². The van der Waals surface area contributed by atoms with Gasteiger partial charge in [0.05, 0.1) is 11.3 Å². The summed E-state index contributed by atoms with van der Waals surface area (Å²) >= 11 is 0. The molecule has 0 spiro atoms. The van der Waals surface area contributed by atoms with Crippen molar-refractivity contribution in [3.8, 4) is 6.07 Å². The van der Waals surface area contributed by atoms with Crippen molar-refractivity contribution in [1.82, 2.24) is 19.8 Å². The van der Waals surface area contributed by atoms with Crippen LogP contribution in [0.3, 0.4) is 0 Å². The van der Waals surface area contributed by atoms with Crippen LogP contribution < -0.4 is 5.32 Å². The zero-order valence-electron chi connectivity index (χ0n) is 14.3. The van der Waals surface area contributed by atoms with E-state index in [0.717, 1.165) is 0 Å². The number of rotatable bonds is 3. The highest BCUT2D eigenvalue weighted by Gasteiger charge is 2.24. The highest BCUT2D eigenvalue weighted by atomic mass is 16.2. The SMILES string of the molecule is CC(=O)N1CCN(C(=O)c2cc(Nc3ccccc3C#N)ncn2)CC1. The molecule has 3 rings (SSSR count). The summed E-state index contributed by atoms with van der Waals surface area (Å²) in [5.41, 5.74) is 1.37. The summed E-state index contributed by atoms with van der Waals surface area (Å²) < 4.78 is 0. The van der Waals surface area contributed by atoms with Gasteiger partial charge in [0.25, 0.3) is 5.91 Å². The summed E-state index contributed by atoms with van der Waals surface area (Å²) in [4.78, 5) is 35.6. The molecule has 2 aromatic rings. The lowest BCUT2D eigenvalue weighted by Gasteiger charge is -2.34. The number of anilines is 2. The monoisotopic (exact) mass is 350 g/mol. The Morgan fingerprint density at radius 2 is 1.81 bits per heavy atom. The van der Waals surface area contributed by atoms with Gasteiger partial charge in [-0.05, 0) is 12.1 Å². The molecule has 0 saturated carbocycles. The fourth-order valence-electron chi connectivity index (χ4n) is 2.76. The quantitative estimate of drug-likeness (QED) is 0.897. The number of hydrogen-bond donors (Lipinski definition) is 1. The number of hydrogen-bond acceptors (Lipinski definition) is 6. The van der Waals surface area contributed by atoms with Crippen molar-refractivity contribution < 1.29 is 9.59 Å². The van der Waals surface area contributed by atoms with E-state index in [0.29, 0.717) is 43.2 Å². The van der Waals surface area contributed by atoms with Gasteiger partial charge in [-0.2, -0.15) is 5.26 Å². The molecular formula is C18H18N6O2. The van der Waals surface area contributed by atoms with Gasteiger partial charge in [-0.15, -0.1) is 0 Å². The summed E-state index contributed by atoms with van der Waals surface area (Å²) in [6.07, 6.45) is 1.32. The van der Waals surface area contributed by atoms with Crippen molar-refractivity contribution in [2.24, 2.45) is 0 Å². The highest BCUT2D eigenvalue weighted by molar-refractivity contribution is 5.93. The molecule has 0 unspecified atom stereocenters. The van der Waals surface area contributed by atoms with Crippen LogP contribution >= 0.6 is 0 Å². The molecule has 0 bridgehead atoms. The first-order chi connectivity index (χ1) is 12.6. The highest BCUT2D eigenvalue weighted by Crippen LogP contribution is 2.19. The van der Waals surface area contributed by atoms with Crippen LogP contribution in [-0.2, 0) is 4.79 Å². The fraction of sp³-hybridized carbons (Fsp3) is 0.278. The fourth-order valence-corrected chi connectivity index (χ4v) is 2.76. The van der Waals surface area contributed by atoms with E-state index in [4.69, 9.17) is 5.26 Å². The predicted molar refractivity (Wildman–Crippen MR) is 94.6 cm³/mol. The number of para-hydroxylation sites is 1. The molecule has 1 aliphatic heterocycles. The van der Waals surface area contributed by atoms with Crippen LogP contribution in [0.1, 0.15) is 23.0 Å². The van der Waals surface area contributed by atoms with Crippen molar-refractivity contribution in [1.29, 1.82) is 5.26 Å². The second-order valence-electron chi connectivity index (χ2n) is 5.87. The van der Waals surface area contributed by atoms with Gasteiger partial charge >= 0.3 is 0 Å². The number of carbonyl (C=O) groups is 2. The molecule has 0 aliphatic carbocycles. The van der Waals surface area contributed by atoms with Crippen molar-refractivity contribution in [2.45, 2.75) is 6.92 Å². The Morgan fingerprint density at radius 3 is 2.50 bits per heavy atom. The van der Waals surface area contributed by atoms with E-state index >= 15 is 0 Å². The molecule has 1 aliphatic rings. The molecule has 1 aromatic heterocycles. The van der Waals surface area contributed by atoms with Crippen molar-refractivity contribution in [2.75, 3.05) is 31.5 Å². The first-order valence-corrected chi connectivity index (χ1v) is 8.21. The van der Waals surface area contributed by atoms with E-state index in [-0.39, 0.29) is 17.5 Å². The van der Waals surface area contributed by atoms with Crippen LogP contribution in [0.5, 0.6) is 0 Å². The number of nitrogens with one attached hydrogen (secondary N) is 1. The lowest BCUT2D eigenvalue weighted by molar-refractivity contribution is -0.130. The third-order valence-electron chi connectivity index (χ3n) is 4.21. The Hall–Kier alpha value is -3.47. The second kappa shape index (κ2) is 7.61. The largest absolute Gasteiger partial charge is 0.339 e. The molecule has 1 aromatic carbocycles. The number of benzene rings is 1. The topological polar surface area (TPSA) is 102 Å². The molecule has 8 heteroatoms. The standard InChI is InChI=1S/C18H18N6O2/c1-13(25)23-6-8-24(9-7-23)18(26)16-10-17(21-12-20-16)22-15-5-3-2-4-14(15)11-19/h2-5,10,12H,6-9H2,1H3,(H,20,21,22). The Balaban J connectivity index is 1.72. The van der Waals surface area contributed by atoms with E-state index in [2.05, 4.69) is 21.4 Å². The Labute approximate surface area is 151 Å². The maximum absolute atomic E-state index is 12.7. The lowest BCUT2D eigenvalue weighted by atomic mass is 10.2. The van der Waals surface area contributed by atoms with Gasteiger partial charge in [-0.1, -0.05) is 12.1 Å². The number of carbonyl (C=O) groups excluding carboxylic acids is 2.